The number of hydrogen-bond acceptors (Lipinski definition) is 7. The van der Waals surface area contributed by atoms with E-state index in [2.05, 4.69) is 15.5 Å². The molecule has 7 nitrogen and oxygen atoms in total. The zero-order valence-corrected chi connectivity index (χ0v) is 14.6. The van der Waals surface area contributed by atoms with E-state index in [9.17, 15) is 4.79 Å². The van der Waals surface area contributed by atoms with E-state index in [4.69, 9.17) is 13.6 Å². The first-order valence-electron chi connectivity index (χ1n) is 7.56. The fraction of sp³-hybridized carbons (Fsp3) is 0.235. The third-order valence-electron chi connectivity index (χ3n) is 3.45. The van der Waals surface area contributed by atoms with E-state index in [1.807, 2.05) is 31.2 Å². The number of ether oxygens (including phenoxy) is 1. The van der Waals surface area contributed by atoms with E-state index in [1.54, 1.807) is 19.4 Å². The average Bonchev–Trinajstić information content (AvgIpc) is 3.27. The molecule has 1 aromatic carbocycles. The number of carbonyl (C=O) groups is 1. The largest absolute Gasteiger partial charge is 0.497 e. The van der Waals surface area contributed by atoms with Gasteiger partial charge < -0.3 is 18.9 Å². The zero-order valence-electron chi connectivity index (χ0n) is 13.8. The minimum absolute atomic E-state index is 0.118. The molecule has 0 spiro atoms. The number of hydrogen-bond donors (Lipinski definition) is 1. The quantitative estimate of drug-likeness (QED) is 0.648. The van der Waals surface area contributed by atoms with Gasteiger partial charge in [-0.15, -0.1) is 10.2 Å². The molecule has 0 saturated carbocycles. The lowest BCUT2D eigenvalue weighted by molar-refractivity contribution is -0.118. The molecule has 0 atom stereocenters. The van der Waals surface area contributed by atoms with E-state index >= 15 is 0 Å². The van der Waals surface area contributed by atoms with Gasteiger partial charge in [-0.2, -0.15) is 0 Å². The predicted molar refractivity (Wildman–Crippen MR) is 92.3 cm³/mol. The maximum Gasteiger partial charge on any atom is 0.277 e. The van der Waals surface area contributed by atoms with Crippen LogP contribution in [0.5, 0.6) is 5.75 Å². The Balaban J connectivity index is 1.49. The summed E-state index contributed by atoms with van der Waals surface area (Å²) in [6, 6.07) is 9.31. The van der Waals surface area contributed by atoms with Gasteiger partial charge in [-0.1, -0.05) is 23.9 Å². The van der Waals surface area contributed by atoms with Crippen molar-refractivity contribution in [1.29, 1.82) is 0 Å². The first-order valence-corrected chi connectivity index (χ1v) is 8.54. The Morgan fingerprint density at radius 2 is 2.20 bits per heavy atom. The van der Waals surface area contributed by atoms with Gasteiger partial charge in [-0.25, -0.2) is 0 Å². The number of aryl methyl sites for hydroxylation is 1. The summed E-state index contributed by atoms with van der Waals surface area (Å²) in [6.07, 6.45) is 1.56. The standard InChI is InChI=1S/C17H17N3O4S/c1-11-14(6-7-23-11)16-19-20-17(24-16)25-10-15(21)18-9-12-4-3-5-13(8-12)22-2/h3-8H,9-10H2,1-2H3,(H,18,21). The second-order valence-electron chi connectivity index (χ2n) is 5.18. The highest BCUT2D eigenvalue weighted by Gasteiger charge is 2.14. The molecule has 130 valence electrons. The van der Waals surface area contributed by atoms with Gasteiger partial charge in [0.1, 0.15) is 11.5 Å². The smallest absolute Gasteiger partial charge is 0.277 e. The minimum atomic E-state index is -0.118. The Hall–Kier alpha value is -2.74. The van der Waals surface area contributed by atoms with Crippen LogP contribution < -0.4 is 10.1 Å². The van der Waals surface area contributed by atoms with E-state index in [1.165, 1.54) is 11.8 Å². The highest BCUT2D eigenvalue weighted by molar-refractivity contribution is 7.99. The van der Waals surface area contributed by atoms with E-state index in [0.29, 0.717) is 23.4 Å². The molecule has 1 amide bonds. The molecule has 0 bridgehead atoms. The number of nitrogens with zero attached hydrogens (tertiary/aromatic N) is 2. The molecule has 0 unspecified atom stereocenters. The number of benzene rings is 1. The topological polar surface area (TPSA) is 90.4 Å². The molecule has 2 heterocycles. The number of rotatable bonds is 7. The van der Waals surface area contributed by atoms with Crippen molar-refractivity contribution >= 4 is 17.7 Å². The Labute approximate surface area is 148 Å². The molecule has 3 aromatic rings. The van der Waals surface area contributed by atoms with E-state index < -0.39 is 0 Å². The summed E-state index contributed by atoms with van der Waals surface area (Å²) in [5.41, 5.74) is 1.72. The van der Waals surface area contributed by atoms with Gasteiger partial charge in [0.2, 0.25) is 5.91 Å². The number of methoxy groups -OCH3 is 1. The van der Waals surface area contributed by atoms with Gasteiger partial charge in [0.15, 0.2) is 0 Å². The van der Waals surface area contributed by atoms with E-state index in [0.717, 1.165) is 16.9 Å². The first kappa shape index (κ1) is 17.1. The van der Waals surface area contributed by atoms with Crippen LogP contribution in [0.3, 0.4) is 0 Å². The van der Waals surface area contributed by atoms with Crippen molar-refractivity contribution in [3.63, 3.8) is 0 Å². The van der Waals surface area contributed by atoms with Crippen LogP contribution in [0.25, 0.3) is 11.5 Å². The Morgan fingerprint density at radius 3 is 2.96 bits per heavy atom. The second kappa shape index (κ2) is 7.89. The van der Waals surface area contributed by atoms with Crippen molar-refractivity contribution < 1.29 is 18.4 Å². The van der Waals surface area contributed by atoms with E-state index in [-0.39, 0.29) is 11.7 Å². The molecule has 25 heavy (non-hydrogen) atoms. The molecule has 1 N–H and O–H groups in total. The highest BCUT2D eigenvalue weighted by atomic mass is 32.2. The highest BCUT2D eigenvalue weighted by Crippen LogP contribution is 2.26. The van der Waals surface area contributed by atoms with Crippen molar-refractivity contribution in [2.75, 3.05) is 12.9 Å². The molecular formula is C17H17N3O4S. The van der Waals surface area contributed by atoms with Crippen molar-refractivity contribution in [2.45, 2.75) is 18.7 Å². The first-order chi connectivity index (χ1) is 12.2. The number of carbonyl (C=O) groups excluding carboxylic acids is 1. The summed E-state index contributed by atoms with van der Waals surface area (Å²) < 4.78 is 15.9. The van der Waals surface area contributed by atoms with Crippen LogP contribution >= 0.6 is 11.8 Å². The summed E-state index contributed by atoms with van der Waals surface area (Å²) in [6.45, 7) is 2.25. The Bertz CT molecular complexity index is 859. The molecule has 0 aliphatic heterocycles. The lowest BCUT2D eigenvalue weighted by Crippen LogP contribution is -2.24. The van der Waals surface area contributed by atoms with Gasteiger partial charge in [-0.05, 0) is 30.7 Å². The maximum absolute atomic E-state index is 12.0. The molecule has 8 heteroatoms. The molecule has 0 radical (unpaired) electrons. The van der Waals surface area contributed by atoms with Gasteiger partial charge in [0, 0.05) is 6.54 Å². The normalized spacial score (nSPS) is 10.6. The number of amides is 1. The lowest BCUT2D eigenvalue weighted by Gasteiger charge is -2.06. The fourth-order valence-electron chi connectivity index (χ4n) is 2.15. The molecular weight excluding hydrogens is 342 g/mol. The molecule has 0 saturated heterocycles. The zero-order chi connectivity index (χ0) is 17.6. The SMILES string of the molecule is COc1cccc(CNC(=O)CSc2nnc(-c3ccoc3C)o2)c1. The molecule has 0 aliphatic carbocycles. The molecule has 2 aromatic heterocycles. The summed E-state index contributed by atoms with van der Waals surface area (Å²) >= 11 is 1.19. The number of thioether (sulfide) groups is 1. The van der Waals surface area contributed by atoms with Gasteiger partial charge in [0.25, 0.3) is 11.1 Å². The van der Waals surface area contributed by atoms with Crippen LogP contribution in [0.15, 0.2) is 50.7 Å². The number of nitrogens with one attached hydrogen (secondary N) is 1. The summed E-state index contributed by atoms with van der Waals surface area (Å²) in [4.78, 5) is 12.0. The minimum Gasteiger partial charge on any atom is -0.497 e. The molecule has 0 fully saturated rings. The Kier molecular flexibility index (Phi) is 5.39. The lowest BCUT2D eigenvalue weighted by atomic mass is 10.2. The average molecular weight is 359 g/mol. The van der Waals surface area contributed by atoms with Crippen LogP contribution in [0, 0.1) is 6.92 Å². The van der Waals surface area contributed by atoms with Crippen LogP contribution in [0.4, 0.5) is 0 Å². The van der Waals surface area contributed by atoms with Crippen molar-refractivity contribution in [3.8, 4) is 17.2 Å². The summed E-state index contributed by atoms with van der Waals surface area (Å²) in [5.74, 6) is 1.92. The van der Waals surface area contributed by atoms with Crippen molar-refractivity contribution in [1.82, 2.24) is 15.5 Å². The predicted octanol–water partition coefficient (Wildman–Crippen LogP) is 3.06. The summed E-state index contributed by atoms with van der Waals surface area (Å²) in [7, 11) is 1.61. The summed E-state index contributed by atoms with van der Waals surface area (Å²) in [5, 5.41) is 11.1. The monoisotopic (exact) mass is 359 g/mol. The van der Waals surface area contributed by atoms with Crippen molar-refractivity contribution in [3.05, 3.63) is 47.9 Å². The molecule has 3 rings (SSSR count). The van der Waals surface area contributed by atoms with Crippen LogP contribution in [0.1, 0.15) is 11.3 Å². The third kappa shape index (κ3) is 4.42. The Morgan fingerprint density at radius 1 is 1.32 bits per heavy atom. The van der Waals surface area contributed by atoms with Gasteiger partial charge in [0.05, 0.1) is 24.7 Å². The van der Waals surface area contributed by atoms with Crippen LogP contribution in [-0.2, 0) is 11.3 Å². The van der Waals surface area contributed by atoms with Crippen molar-refractivity contribution in [2.24, 2.45) is 0 Å². The third-order valence-corrected chi connectivity index (χ3v) is 4.26. The van der Waals surface area contributed by atoms with Gasteiger partial charge >= 0.3 is 0 Å². The van der Waals surface area contributed by atoms with Crippen LogP contribution in [-0.4, -0.2) is 29.0 Å². The fourth-order valence-corrected chi connectivity index (χ4v) is 2.74. The molecule has 0 aliphatic rings. The second-order valence-corrected chi connectivity index (χ2v) is 6.11. The van der Waals surface area contributed by atoms with Gasteiger partial charge in [-0.3, -0.25) is 4.79 Å². The van der Waals surface area contributed by atoms with Crippen LogP contribution in [0.2, 0.25) is 0 Å². The maximum atomic E-state index is 12.0. The number of furan rings is 1. The number of aromatic nitrogens is 2.